The van der Waals surface area contributed by atoms with Crippen LogP contribution in [0.2, 0.25) is 0 Å². The van der Waals surface area contributed by atoms with Crippen LogP contribution in [0.3, 0.4) is 0 Å². The second-order valence-electron chi connectivity index (χ2n) is 4.61. The van der Waals surface area contributed by atoms with E-state index in [2.05, 4.69) is 9.97 Å². The van der Waals surface area contributed by atoms with Crippen molar-refractivity contribution in [2.24, 2.45) is 0 Å². The molecule has 0 N–H and O–H groups in total. The van der Waals surface area contributed by atoms with E-state index in [9.17, 15) is 9.59 Å². The van der Waals surface area contributed by atoms with Crippen LogP contribution in [0.15, 0.2) is 23.9 Å². The second-order valence-corrected chi connectivity index (χ2v) is 4.61. The van der Waals surface area contributed by atoms with Gasteiger partial charge in [-0.15, -0.1) is 0 Å². The van der Waals surface area contributed by atoms with Crippen LogP contribution in [-0.2, 0) is 0 Å². The smallest absolute Gasteiger partial charge is 0.230 e. The maximum atomic E-state index is 12.4. The summed E-state index contributed by atoms with van der Waals surface area (Å²) in [5.74, 6) is -0.268. The number of aromatic nitrogens is 2. The highest BCUT2D eigenvalue weighted by molar-refractivity contribution is 6.25. The van der Waals surface area contributed by atoms with Crippen LogP contribution in [0.1, 0.15) is 20.8 Å². The van der Waals surface area contributed by atoms with E-state index < -0.39 is 0 Å². The molecule has 4 rings (SSSR count). The third kappa shape index (κ3) is 1.23. The zero-order valence-electron chi connectivity index (χ0n) is 9.59. The highest BCUT2D eigenvalue weighted by Crippen LogP contribution is 2.33. The lowest BCUT2D eigenvalue weighted by molar-refractivity contribution is 0.0941. The standard InChI is InChI=1S/C12H10N4O2/c17-11-7-5-13-6-14-8(7)12(18)10(16-3-4-16)9(11)15-1-2-15/h5-6H,1-4H2. The minimum Gasteiger partial charge on any atom is -0.363 e. The van der Waals surface area contributed by atoms with E-state index in [0.29, 0.717) is 17.0 Å². The van der Waals surface area contributed by atoms with Gasteiger partial charge in [-0.2, -0.15) is 0 Å². The van der Waals surface area contributed by atoms with Crippen LogP contribution in [0.25, 0.3) is 0 Å². The van der Waals surface area contributed by atoms with Crippen molar-refractivity contribution >= 4 is 11.6 Å². The fourth-order valence-electron chi connectivity index (χ4n) is 2.27. The van der Waals surface area contributed by atoms with Gasteiger partial charge in [-0.25, -0.2) is 9.97 Å². The van der Waals surface area contributed by atoms with Crippen LogP contribution < -0.4 is 0 Å². The average Bonchev–Trinajstić information content (AvgIpc) is 3.26. The first-order valence-corrected chi connectivity index (χ1v) is 5.91. The van der Waals surface area contributed by atoms with Gasteiger partial charge < -0.3 is 9.80 Å². The summed E-state index contributed by atoms with van der Waals surface area (Å²) in [5, 5.41) is 0. The lowest BCUT2D eigenvalue weighted by Gasteiger charge is -2.21. The molecular weight excluding hydrogens is 232 g/mol. The molecule has 3 aliphatic rings. The zero-order valence-corrected chi connectivity index (χ0v) is 9.59. The molecule has 1 aliphatic carbocycles. The van der Waals surface area contributed by atoms with E-state index in [1.54, 1.807) is 0 Å². The Labute approximate surface area is 103 Å². The highest BCUT2D eigenvalue weighted by Gasteiger charge is 2.43. The first kappa shape index (κ1) is 9.76. The number of carbonyl (C=O) groups is 2. The van der Waals surface area contributed by atoms with E-state index in [0.717, 1.165) is 26.2 Å². The van der Waals surface area contributed by atoms with E-state index in [1.807, 2.05) is 9.80 Å². The summed E-state index contributed by atoms with van der Waals surface area (Å²) >= 11 is 0. The van der Waals surface area contributed by atoms with Gasteiger partial charge in [-0.05, 0) is 0 Å². The molecule has 0 unspecified atom stereocenters. The van der Waals surface area contributed by atoms with E-state index in [1.165, 1.54) is 12.5 Å². The Bertz CT molecular complexity index is 561. The largest absolute Gasteiger partial charge is 0.363 e. The number of ketones is 2. The molecule has 90 valence electrons. The van der Waals surface area contributed by atoms with Crippen molar-refractivity contribution in [3.05, 3.63) is 35.2 Å². The Morgan fingerprint density at radius 1 is 0.944 bits per heavy atom. The van der Waals surface area contributed by atoms with Gasteiger partial charge in [0.2, 0.25) is 11.6 Å². The molecule has 1 aromatic rings. The van der Waals surface area contributed by atoms with Gasteiger partial charge >= 0.3 is 0 Å². The molecule has 0 spiro atoms. The molecule has 0 saturated carbocycles. The molecule has 2 aliphatic heterocycles. The minimum atomic E-state index is -0.147. The molecule has 18 heavy (non-hydrogen) atoms. The molecule has 6 nitrogen and oxygen atoms in total. The normalized spacial score (nSPS) is 21.3. The van der Waals surface area contributed by atoms with Crippen LogP contribution in [-0.4, -0.2) is 57.5 Å². The Hall–Kier alpha value is -2.24. The number of Topliss-reactive ketones (excluding diaryl/α,β-unsaturated/α-hetero) is 2. The SMILES string of the molecule is O=C1C(N2CC2)=C(N2CC2)C(=O)c2ncncc21. The van der Waals surface area contributed by atoms with Gasteiger partial charge in [0.1, 0.15) is 23.4 Å². The number of allylic oxidation sites excluding steroid dienone is 2. The summed E-state index contributed by atoms with van der Waals surface area (Å²) < 4.78 is 0. The predicted octanol–water partition coefficient (Wildman–Crippen LogP) is -0.302. The van der Waals surface area contributed by atoms with Crippen LogP contribution in [0.4, 0.5) is 0 Å². The maximum Gasteiger partial charge on any atom is 0.230 e. The summed E-state index contributed by atoms with van der Waals surface area (Å²) in [6, 6.07) is 0. The monoisotopic (exact) mass is 242 g/mol. The molecule has 0 radical (unpaired) electrons. The molecule has 0 atom stereocenters. The second kappa shape index (κ2) is 3.16. The minimum absolute atomic E-state index is 0.121. The molecule has 3 heterocycles. The van der Waals surface area contributed by atoms with Crippen molar-refractivity contribution in [2.75, 3.05) is 26.2 Å². The lowest BCUT2D eigenvalue weighted by atomic mass is 9.95. The van der Waals surface area contributed by atoms with E-state index in [4.69, 9.17) is 0 Å². The number of rotatable bonds is 2. The van der Waals surface area contributed by atoms with E-state index in [-0.39, 0.29) is 17.3 Å². The molecular formula is C12H10N4O2. The third-order valence-electron chi connectivity index (χ3n) is 3.35. The van der Waals surface area contributed by atoms with Crippen molar-refractivity contribution in [3.8, 4) is 0 Å². The average molecular weight is 242 g/mol. The fraction of sp³-hybridized carbons (Fsp3) is 0.333. The van der Waals surface area contributed by atoms with Gasteiger partial charge in [0.05, 0.1) is 5.56 Å². The lowest BCUT2D eigenvalue weighted by Crippen LogP contribution is -2.30. The van der Waals surface area contributed by atoms with E-state index >= 15 is 0 Å². The van der Waals surface area contributed by atoms with Gasteiger partial charge in [0.15, 0.2) is 0 Å². The van der Waals surface area contributed by atoms with Crippen LogP contribution in [0.5, 0.6) is 0 Å². The number of fused-ring (bicyclic) bond motifs is 1. The Morgan fingerprint density at radius 2 is 1.56 bits per heavy atom. The Morgan fingerprint density at radius 3 is 2.17 bits per heavy atom. The number of nitrogens with zero attached hydrogens (tertiary/aromatic N) is 4. The predicted molar refractivity (Wildman–Crippen MR) is 60.9 cm³/mol. The van der Waals surface area contributed by atoms with Crippen molar-refractivity contribution in [1.29, 1.82) is 0 Å². The molecule has 2 saturated heterocycles. The molecule has 0 amide bonds. The fourth-order valence-corrected chi connectivity index (χ4v) is 2.27. The Kier molecular flexibility index (Phi) is 1.71. The van der Waals surface area contributed by atoms with Crippen molar-refractivity contribution in [2.45, 2.75) is 0 Å². The van der Waals surface area contributed by atoms with Gasteiger partial charge in [0.25, 0.3) is 0 Å². The first-order chi connectivity index (χ1) is 8.77. The molecule has 2 fully saturated rings. The quantitative estimate of drug-likeness (QED) is 0.663. The summed E-state index contributed by atoms with van der Waals surface area (Å²) in [6.45, 7) is 3.36. The topological polar surface area (TPSA) is 65.9 Å². The molecule has 1 aromatic heterocycles. The maximum absolute atomic E-state index is 12.4. The Balaban J connectivity index is 1.94. The summed E-state index contributed by atoms with van der Waals surface area (Å²) in [4.78, 5) is 36.5. The molecule has 6 heteroatoms. The zero-order chi connectivity index (χ0) is 12.3. The number of hydrogen-bond acceptors (Lipinski definition) is 6. The number of carbonyl (C=O) groups excluding carboxylic acids is 2. The van der Waals surface area contributed by atoms with Gasteiger partial charge in [0, 0.05) is 32.4 Å². The van der Waals surface area contributed by atoms with Crippen LogP contribution >= 0.6 is 0 Å². The van der Waals surface area contributed by atoms with Crippen LogP contribution in [0, 0.1) is 0 Å². The molecule has 0 aromatic carbocycles. The summed E-state index contributed by atoms with van der Waals surface area (Å²) in [6.07, 6.45) is 2.75. The highest BCUT2D eigenvalue weighted by atomic mass is 16.1. The van der Waals surface area contributed by atoms with Crippen molar-refractivity contribution < 1.29 is 9.59 Å². The van der Waals surface area contributed by atoms with Gasteiger partial charge in [-0.1, -0.05) is 0 Å². The molecule has 0 bridgehead atoms. The van der Waals surface area contributed by atoms with Crippen molar-refractivity contribution in [3.63, 3.8) is 0 Å². The van der Waals surface area contributed by atoms with Crippen molar-refractivity contribution in [1.82, 2.24) is 19.8 Å². The number of hydrogen-bond donors (Lipinski definition) is 0. The third-order valence-corrected chi connectivity index (χ3v) is 3.35. The van der Waals surface area contributed by atoms with Gasteiger partial charge in [-0.3, -0.25) is 9.59 Å². The summed E-state index contributed by atoms with van der Waals surface area (Å²) in [5.41, 5.74) is 1.64. The first-order valence-electron chi connectivity index (χ1n) is 5.91. The summed E-state index contributed by atoms with van der Waals surface area (Å²) in [7, 11) is 0.